The largest absolute Gasteiger partial charge is 0.343 e. The number of nitrogens with one attached hydrogen (secondary N) is 1. The van der Waals surface area contributed by atoms with Crippen LogP contribution in [0.3, 0.4) is 0 Å². The van der Waals surface area contributed by atoms with Crippen molar-refractivity contribution in [2.75, 3.05) is 0 Å². The molecule has 0 fully saturated rings. The van der Waals surface area contributed by atoms with Gasteiger partial charge in [0.2, 0.25) is 0 Å². The summed E-state index contributed by atoms with van der Waals surface area (Å²) in [5.41, 5.74) is 4.65. The summed E-state index contributed by atoms with van der Waals surface area (Å²) in [6, 6.07) is 8.63. The molecule has 100 valence electrons. The summed E-state index contributed by atoms with van der Waals surface area (Å²) < 4.78 is 0.692. The smallest absolute Gasteiger partial charge is 0.133 e. The van der Waals surface area contributed by atoms with E-state index in [0.717, 1.165) is 23.5 Å². The second-order valence-corrected chi connectivity index (χ2v) is 5.52. The van der Waals surface area contributed by atoms with Gasteiger partial charge in [-0.2, -0.15) is 0 Å². The summed E-state index contributed by atoms with van der Waals surface area (Å²) in [6.45, 7) is 8.43. The molecule has 2 nitrogen and oxygen atoms in total. The van der Waals surface area contributed by atoms with E-state index < -0.39 is 0 Å². The Labute approximate surface area is 119 Å². The highest BCUT2D eigenvalue weighted by Gasteiger charge is 2.09. The third-order valence-corrected chi connectivity index (χ3v) is 3.77. The lowest BCUT2D eigenvalue weighted by Gasteiger charge is -2.12. The number of aromatic nitrogens is 2. The van der Waals surface area contributed by atoms with E-state index in [-0.39, 0.29) is 0 Å². The topological polar surface area (TPSA) is 28.7 Å². The van der Waals surface area contributed by atoms with Crippen LogP contribution >= 0.6 is 12.2 Å². The highest BCUT2D eigenvalue weighted by Crippen LogP contribution is 2.24. The van der Waals surface area contributed by atoms with Gasteiger partial charge in [0.25, 0.3) is 0 Å². The molecule has 1 aromatic carbocycles. The first-order chi connectivity index (χ1) is 9.02. The molecule has 0 aliphatic rings. The zero-order chi connectivity index (χ0) is 14.0. The number of hydrogen-bond donors (Lipinski definition) is 1. The van der Waals surface area contributed by atoms with Crippen molar-refractivity contribution in [3.63, 3.8) is 0 Å². The van der Waals surface area contributed by atoms with Crippen LogP contribution in [0.5, 0.6) is 0 Å². The summed E-state index contributed by atoms with van der Waals surface area (Å²) in [5.74, 6) is 1.29. The number of hydrogen-bond acceptors (Lipinski definition) is 2. The quantitative estimate of drug-likeness (QED) is 0.813. The molecule has 0 unspecified atom stereocenters. The zero-order valence-corrected chi connectivity index (χ0v) is 12.8. The van der Waals surface area contributed by atoms with E-state index >= 15 is 0 Å². The molecule has 0 aliphatic carbocycles. The molecule has 1 aromatic heterocycles. The van der Waals surface area contributed by atoms with E-state index in [4.69, 9.17) is 12.2 Å². The second kappa shape index (κ2) is 5.66. The summed E-state index contributed by atoms with van der Waals surface area (Å²) >= 11 is 5.37. The maximum Gasteiger partial charge on any atom is 0.133 e. The fourth-order valence-corrected chi connectivity index (χ4v) is 2.22. The average Bonchev–Trinajstić information content (AvgIpc) is 2.41. The Morgan fingerprint density at radius 1 is 1.21 bits per heavy atom. The van der Waals surface area contributed by atoms with Crippen LogP contribution in [-0.2, 0) is 6.42 Å². The Morgan fingerprint density at radius 3 is 2.37 bits per heavy atom. The molecule has 2 aromatic rings. The van der Waals surface area contributed by atoms with Gasteiger partial charge in [0.05, 0.1) is 5.69 Å². The number of benzene rings is 1. The Bertz CT molecular complexity index is 624. The van der Waals surface area contributed by atoms with Gasteiger partial charge in [0.1, 0.15) is 10.5 Å². The van der Waals surface area contributed by atoms with E-state index in [2.05, 4.69) is 55.0 Å². The molecular formula is C16H20N2S. The minimum Gasteiger partial charge on any atom is -0.343 e. The average molecular weight is 272 g/mol. The normalized spacial score (nSPS) is 11.0. The minimum atomic E-state index is 0.343. The van der Waals surface area contributed by atoms with Crippen molar-refractivity contribution in [3.8, 4) is 11.3 Å². The van der Waals surface area contributed by atoms with Crippen molar-refractivity contribution in [2.24, 2.45) is 0 Å². The van der Waals surface area contributed by atoms with Gasteiger partial charge in [-0.15, -0.1) is 0 Å². The second-order valence-electron chi connectivity index (χ2n) is 5.13. The molecule has 0 atom stereocenters. The minimum absolute atomic E-state index is 0.343. The fraction of sp³-hybridized carbons (Fsp3) is 0.375. The Hall–Kier alpha value is -1.48. The van der Waals surface area contributed by atoms with Crippen molar-refractivity contribution >= 4 is 12.2 Å². The summed E-state index contributed by atoms with van der Waals surface area (Å²) in [5, 5.41) is 0. The van der Waals surface area contributed by atoms with Crippen LogP contribution in [-0.4, -0.2) is 9.97 Å². The molecule has 2 rings (SSSR count). The predicted molar refractivity (Wildman–Crippen MR) is 83.1 cm³/mol. The van der Waals surface area contributed by atoms with E-state index in [1.54, 1.807) is 0 Å². The van der Waals surface area contributed by atoms with Crippen LogP contribution in [0.15, 0.2) is 24.3 Å². The first-order valence-corrected chi connectivity index (χ1v) is 7.13. The van der Waals surface area contributed by atoms with Crippen molar-refractivity contribution in [2.45, 2.75) is 40.0 Å². The van der Waals surface area contributed by atoms with Gasteiger partial charge in [-0.25, -0.2) is 4.98 Å². The number of nitrogens with zero attached hydrogens (tertiary/aromatic N) is 1. The maximum absolute atomic E-state index is 5.37. The molecule has 0 aliphatic heterocycles. The van der Waals surface area contributed by atoms with Crippen LogP contribution < -0.4 is 0 Å². The molecular weight excluding hydrogens is 252 g/mol. The first-order valence-electron chi connectivity index (χ1n) is 6.73. The lowest BCUT2D eigenvalue weighted by Crippen LogP contribution is -2.02. The molecule has 0 spiro atoms. The van der Waals surface area contributed by atoms with E-state index in [0.29, 0.717) is 10.6 Å². The molecule has 3 heteroatoms. The van der Waals surface area contributed by atoms with Crippen LogP contribution in [0.1, 0.15) is 43.6 Å². The molecule has 0 bridgehead atoms. The van der Waals surface area contributed by atoms with Gasteiger partial charge < -0.3 is 4.98 Å². The molecule has 0 radical (unpaired) electrons. The zero-order valence-electron chi connectivity index (χ0n) is 11.9. The van der Waals surface area contributed by atoms with Gasteiger partial charge in [0, 0.05) is 11.5 Å². The molecule has 1 N–H and O–H groups in total. The lowest BCUT2D eigenvalue weighted by atomic mass is 10.0. The number of H-pyrrole nitrogens is 1. The van der Waals surface area contributed by atoms with Crippen LogP contribution in [0.4, 0.5) is 0 Å². The molecule has 0 amide bonds. The van der Waals surface area contributed by atoms with Crippen LogP contribution in [0.2, 0.25) is 0 Å². The molecule has 19 heavy (non-hydrogen) atoms. The highest BCUT2D eigenvalue weighted by atomic mass is 32.1. The van der Waals surface area contributed by atoms with Crippen LogP contribution in [0.25, 0.3) is 11.3 Å². The molecule has 0 saturated heterocycles. The summed E-state index contributed by atoms with van der Waals surface area (Å²) in [4.78, 5) is 7.88. The monoisotopic (exact) mass is 272 g/mol. The lowest BCUT2D eigenvalue weighted by molar-refractivity contribution is 0.770. The van der Waals surface area contributed by atoms with Gasteiger partial charge in [-0.3, -0.25) is 0 Å². The standard InChI is InChI=1S/C16H20N2S/c1-5-12-6-8-13(9-7-12)14-11(4)16(19)18-15(17-14)10(2)3/h6-10H,5H2,1-4H3,(H,17,18,19). The third-order valence-electron chi connectivity index (χ3n) is 3.37. The Kier molecular flexibility index (Phi) is 4.15. The summed E-state index contributed by atoms with van der Waals surface area (Å²) in [7, 11) is 0. The van der Waals surface area contributed by atoms with Gasteiger partial charge in [-0.1, -0.05) is 57.3 Å². The van der Waals surface area contributed by atoms with E-state index in [1.165, 1.54) is 11.1 Å². The van der Waals surface area contributed by atoms with Crippen molar-refractivity contribution in [1.29, 1.82) is 0 Å². The van der Waals surface area contributed by atoms with Crippen LogP contribution in [0, 0.1) is 11.6 Å². The number of aromatic amines is 1. The van der Waals surface area contributed by atoms with Gasteiger partial charge in [-0.05, 0) is 24.5 Å². The van der Waals surface area contributed by atoms with E-state index in [9.17, 15) is 0 Å². The van der Waals surface area contributed by atoms with E-state index in [1.807, 2.05) is 6.92 Å². The molecule has 1 heterocycles. The van der Waals surface area contributed by atoms with Crippen molar-refractivity contribution in [1.82, 2.24) is 9.97 Å². The number of rotatable bonds is 3. The SMILES string of the molecule is CCc1ccc(-c2[nH]c(C(C)C)nc(=S)c2C)cc1. The highest BCUT2D eigenvalue weighted by molar-refractivity contribution is 7.71. The molecule has 0 saturated carbocycles. The number of aryl methyl sites for hydroxylation is 1. The van der Waals surface area contributed by atoms with Gasteiger partial charge >= 0.3 is 0 Å². The fourth-order valence-electron chi connectivity index (χ4n) is 2.02. The Balaban J connectivity index is 2.56. The third kappa shape index (κ3) is 2.92. The maximum atomic E-state index is 5.37. The first kappa shape index (κ1) is 13.9. The van der Waals surface area contributed by atoms with Crippen molar-refractivity contribution < 1.29 is 0 Å². The van der Waals surface area contributed by atoms with Gasteiger partial charge in [0.15, 0.2) is 0 Å². The van der Waals surface area contributed by atoms with Crippen molar-refractivity contribution in [3.05, 3.63) is 45.9 Å². The predicted octanol–water partition coefficient (Wildman–Crippen LogP) is 4.80. The summed E-state index contributed by atoms with van der Waals surface area (Å²) in [6.07, 6.45) is 1.06. The Morgan fingerprint density at radius 2 is 1.84 bits per heavy atom.